The number of carbonyl (C=O) groups is 2. The summed E-state index contributed by atoms with van der Waals surface area (Å²) < 4.78 is 0. The van der Waals surface area contributed by atoms with Crippen LogP contribution >= 0.6 is 0 Å². The van der Waals surface area contributed by atoms with E-state index in [0.29, 0.717) is 11.5 Å². The van der Waals surface area contributed by atoms with E-state index >= 15 is 0 Å². The highest BCUT2D eigenvalue weighted by Gasteiger charge is 2.46. The van der Waals surface area contributed by atoms with Crippen molar-refractivity contribution in [3.05, 3.63) is 35.4 Å². The minimum absolute atomic E-state index is 0.00625. The number of hydrogen-bond donors (Lipinski definition) is 2. The van der Waals surface area contributed by atoms with Gasteiger partial charge in [-0.15, -0.1) is 0 Å². The fourth-order valence-corrected chi connectivity index (χ4v) is 4.44. The van der Waals surface area contributed by atoms with Gasteiger partial charge in [-0.2, -0.15) is 0 Å². The minimum Gasteiger partial charge on any atom is -0.481 e. The molecule has 0 heterocycles. The second kappa shape index (κ2) is 7.16. The van der Waals surface area contributed by atoms with E-state index in [4.69, 9.17) is 0 Å². The van der Waals surface area contributed by atoms with Gasteiger partial charge in [0.1, 0.15) is 0 Å². The number of benzene rings is 1. The zero-order valence-electron chi connectivity index (χ0n) is 13.9. The molecule has 0 spiro atoms. The van der Waals surface area contributed by atoms with Gasteiger partial charge in [-0.05, 0) is 42.7 Å². The van der Waals surface area contributed by atoms with E-state index in [1.807, 2.05) is 12.1 Å². The van der Waals surface area contributed by atoms with Crippen LogP contribution in [-0.4, -0.2) is 22.2 Å². The first kappa shape index (κ1) is 17.5. The maximum Gasteiger partial charge on any atom is 0.335 e. The van der Waals surface area contributed by atoms with E-state index in [-0.39, 0.29) is 17.9 Å². The Morgan fingerprint density at radius 1 is 1.22 bits per heavy atom. The smallest absolute Gasteiger partial charge is 0.335 e. The van der Waals surface area contributed by atoms with Crippen molar-refractivity contribution in [1.29, 1.82) is 0 Å². The molecule has 1 aliphatic rings. The van der Waals surface area contributed by atoms with Crippen LogP contribution in [0, 0.1) is 11.8 Å². The highest BCUT2D eigenvalue weighted by molar-refractivity contribution is 5.90. The van der Waals surface area contributed by atoms with Gasteiger partial charge in [0.2, 0.25) is 0 Å². The predicted molar refractivity (Wildman–Crippen MR) is 88.7 cm³/mol. The molecule has 0 amide bonds. The number of carboxylic acids is 2. The average Bonchev–Trinajstić information content (AvgIpc) is 2.49. The summed E-state index contributed by atoms with van der Waals surface area (Å²) in [7, 11) is 0. The summed E-state index contributed by atoms with van der Waals surface area (Å²) in [5, 5.41) is 19.1. The van der Waals surface area contributed by atoms with E-state index in [1.54, 1.807) is 12.1 Å². The molecular weight excluding hydrogens is 292 g/mol. The molecule has 1 aromatic rings. The molecule has 3 unspecified atom stereocenters. The Balaban J connectivity index is 2.62. The first-order valence-electron chi connectivity index (χ1n) is 8.45. The number of aliphatic carboxylic acids is 1. The topological polar surface area (TPSA) is 74.6 Å². The summed E-state index contributed by atoms with van der Waals surface area (Å²) in [5.74, 6) is -1.19. The van der Waals surface area contributed by atoms with Crippen molar-refractivity contribution in [2.24, 2.45) is 11.8 Å². The fourth-order valence-electron chi connectivity index (χ4n) is 4.44. The molecule has 0 bridgehead atoms. The average molecular weight is 318 g/mol. The molecule has 2 N–H and O–H groups in total. The molecule has 1 aromatic carbocycles. The number of carboxylic acid groups (broad SMARTS) is 2. The molecule has 1 saturated carbocycles. The molecule has 1 aliphatic carbocycles. The summed E-state index contributed by atoms with van der Waals surface area (Å²) >= 11 is 0. The lowest BCUT2D eigenvalue weighted by molar-refractivity contribution is -0.139. The molecule has 0 aromatic heterocycles. The van der Waals surface area contributed by atoms with Gasteiger partial charge >= 0.3 is 11.9 Å². The van der Waals surface area contributed by atoms with Crippen LogP contribution in [0.1, 0.15) is 68.3 Å². The summed E-state index contributed by atoms with van der Waals surface area (Å²) in [6.07, 6.45) is 4.72. The Morgan fingerprint density at radius 3 is 2.52 bits per heavy atom. The van der Waals surface area contributed by atoms with Crippen LogP contribution in [0.4, 0.5) is 0 Å². The molecule has 0 aliphatic heterocycles. The van der Waals surface area contributed by atoms with Crippen LogP contribution in [0.15, 0.2) is 24.3 Å². The van der Waals surface area contributed by atoms with Crippen LogP contribution in [0.2, 0.25) is 0 Å². The molecule has 0 radical (unpaired) electrons. The Bertz CT molecular complexity index is 580. The molecule has 4 nitrogen and oxygen atoms in total. The second-order valence-corrected chi connectivity index (χ2v) is 6.95. The van der Waals surface area contributed by atoms with Crippen molar-refractivity contribution < 1.29 is 19.8 Å². The quantitative estimate of drug-likeness (QED) is 0.818. The molecule has 1 fully saturated rings. The van der Waals surface area contributed by atoms with E-state index in [0.717, 1.165) is 32.1 Å². The number of aromatic carboxylic acids is 1. The first-order chi connectivity index (χ1) is 10.9. The molecule has 4 heteroatoms. The zero-order chi connectivity index (χ0) is 17.0. The lowest BCUT2D eigenvalue weighted by Gasteiger charge is -2.47. The van der Waals surface area contributed by atoms with Gasteiger partial charge in [0.05, 0.1) is 12.0 Å². The lowest BCUT2D eigenvalue weighted by Crippen LogP contribution is -2.43. The largest absolute Gasteiger partial charge is 0.481 e. The van der Waals surface area contributed by atoms with Crippen molar-refractivity contribution in [2.75, 3.05) is 0 Å². The van der Waals surface area contributed by atoms with Crippen molar-refractivity contribution in [3.8, 4) is 0 Å². The number of hydrogen-bond acceptors (Lipinski definition) is 2. The van der Waals surface area contributed by atoms with Crippen molar-refractivity contribution in [2.45, 2.75) is 57.8 Å². The Hall–Kier alpha value is -1.84. The SMILES string of the molecule is CCCC1CCC(C)CC1(CC(=O)O)c1ccccc1C(=O)O. The van der Waals surface area contributed by atoms with Gasteiger partial charge in [0.25, 0.3) is 0 Å². The van der Waals surface area contributed by atoms with Gasteiger partial charge in [-0.25, -0.2) is 4.79 Å². The van der Waals surface area contributed by atoms with Gasteiger partial charge in [-0.3, -0.25) is 4.79 Å². The van der Waals surface area contributed by atoms with Gasteiger partial charge in [0, 0.05) is 5.41 Å². The maximum atomic E-state index is 11.7. The monoisotopic (exact) mass is 318 g/mol. The standard InChI is InChI=1S/C19H26O4/c1-3-6-14-10-9-13(2)11-19(14,12-17(20)21)16-8-5-4-7-15(16)18(22)23/h4-5,7-8,13-14H,3,6,9-12H2,1-2H3,(H,20,21)(H,22,23). The number of rotatable bonds is 6. The Labute approximate surface area is 137 Å². The summed E-state index contributed by atoms with van der Waals surface area (Å²) in [5.41, 5.74) is 0.387. The summed E-state index contributed by atoms with van der Waals surface area (Å²) in [6, 6.07) is 6.97. The lowest BCUT2D eigenvalue weighted by atomic mass is 9.56. The van der Waals surface area contributed by atoms with Crippen molar-refractivity contribution in [1.82, 2.24) is 0 Å². The molecule has 2 rings (SSSR count). The van der Waals surface area contributed by atoms with E-state index in [1.165, 1.54) is 0 Å². The normalized spacial score (nSPS) is 27.6. The predicted octanol–water partition coefficient (Wildman–Crippen LogP) is 4.33. The van der Waals surface area contributed by atoms with E-state index < -0.39 is 17.4 Å². The van der Waals surface area contributed by atoms with Crippen LogP contribution in [0.25, 0.3) is 0 Å². The molecule has 23 heavy (non-hydrogen) atoms. The van der Waals surface area contributed by atoms with E-state index in [2.05, 4.69) is 13.8 Å². The maximum absolute atomic E-state index is 11.7. The van der Waals surface area contributed by atoms with Gasteiger partial charge < -0.3 is 10.2 Å². The third kappa shape index (κ3) is 3.57. The zero-order valence-corrected chi connectivity index (χ0v) is 13.9. The van der Waals surface area contributed by atoms with Crippen LogP contribution in [-0.2, 0) is 10.2 Å². The van der Waals surface area contributed by atoms with Crippen molar-refractivity contribution >= 4 is 11.9 Å². The molecule has 126 valence electrons. The highest BCUT2D eigenvalue weighted by atomic mass is 16.4. The van der Waals surface area contributed by atoms with Crippen LogP contribution < -0.4 is 0 Å². The minimum atomic E-state index is -0.973. The van der Waals surface area contributed by atoms with Crippen LogP contribution in [0.5, 0.6) is 0 Å². The summed E-state index contributed by atoms with van der Waals surface area (Å²) in [6.45, 7) is 4.24. The third-order valence-electron chi connectivity index (χ3n) is 5.30. The third-order valence-corrected chi connectivity index (χ3v) is 5.30. The van der Waals surface area contributed by atoms with Gasteiger partial charge in [0.15, 0.2) is 0 Å². The Kier molecular flexibility index (Phi) is 5.45. The molecule has 0 saturated heterocycles. The van der Waals surface area contributed by atoms with Gasteiger partial charge in [-0.1, -0.05) is 44.9 Å². The van der Waals surface area contributed by atoms with Crippen molar-refractivity contribution in [3.63, 3.8) is 0 Å². The highest BCUT2D eigenvalue weighted by Crippen LogP contribution is 2.51. The second-order valence-electron chi connectivity index (χ2n) is 6.95. The molecular formula is C19H26O4. The Morgan fingerprint density at radius 2 is 1.91 bits per heavy atom. The fraction of sp³-hybridized carbons (Fsp3) is 0.579. The summed E-state index contributed by atoms with van der Waals surface area (Å²) in [4.78, 5) is 23.3. The first-order valence-corrected chi connectivity index (χ1v) is 8.45. The molecule has 3 atom stereocenters. The van der Waals surface area contributed by atoms with Crippen LogP contribution in [0.3, 0.4) is 0 Å². The van der Waals surface area contributed by atoms with E-state index in [9.17, 15) is 19.8 Å².